The molecule has 5 nitrogen and oxygen atoms in total. The smallest absolute Gasteiger partial charge is 0.267 e. The van der Waals surface area contributed by atoms with Crippen molar-refractivity contribution in [2.24, 2.45) is 0 Å². The number of aromatic nitrogens is 3. The number of nitrogens with zero attached hydrogens (tertiary/aromatic N) is 2. The van der Waals surface area contributed by atoms with Crippen molar-refractivity contribution in [3.63, 3.8) is 0 Å². The van der Waals surface area contributed by atoms with Crippen molar-refractivity contribution in [1.29, 1.82) is 0 Å². The fraction of sp³-hybridized carbons (Fsp3) is 0.125. The van der Waals surface area contributed by atoms with E-state index >= 15 is 0 Å². The summed E-state index contributed by atoms with van der Waals surface area (Å²) in [5.41, 5.74) is 2.65. The van der Waals surface area contributed by atoms with Gasteiger partial charge in [-0.25, -0.2) is 4.68 Å². The molecule has 0 bridgehead atoms. The highest BCUT2D eigenvalue weighted by atomic mass is 79.9. The highest BCUT2D eigenvalue weighted by molar-refractivity contribution is 9.10. The number of para-hydroxylation sites is 1. The number of halogens is 1. The Morgan fingerprint density at radius 1 is 1.32 bits per heavy atom. The van der Waals surface area contributed by atoms with Gasteiger partial charge < -0.3 is 10.3 Å². The number of aromatic amines is 1. The average Bonchev–Trinajstić information content (AvgIpc) is 3.17. The van der Waals surface area contributed by atoms with Crippen LogP contribution in [0.5, 0.6) is 0 Å². The molecule has 1 amide bonds. The molecule has 0 saturated carbocycles. The maximum atomic E-state index is 11.9. The lowest BCUT2D eigenvalue weighted by Gasteiger charge is -2.02. The second kappa shape index (κ2) is 6.62. The fourth-order valence-corrected chi connectivity index (χ4v) is 2.47. The summed E-state index contributed by atoms with van der Waals surface area (Å²) >= 11 is 3.31. The van der Waals surface area contributed by atoms with Crippen molar-refractivity contribution >= 4 is 21.8 Å². The predicted molar refractivity (Wildman–Crippen MR) is 88.1 cm³/mol. The number of carbonyl (C=O) groups is 1. The molecular formula is C16H15BrN4O. The van der Waals surface area contributed by atoms with Gasteiger partial charge in [-0.15, -0.1) is 0 Å². The highest BCUT2D eigenvalue weighted by Gasteiger charge is 2.07. The zero-order valence-corrected chi connectivity index (χ0v) is 13.4. The van der Waals surface area contributed by atoms with Crippen molar-refractivity contribution in [3.05, 3.63) is 70.7 Å². The highest BCUT2D eigenvalue weighted by Crippen LogP contribution is 2.10. The van der Waals surface area contributed by atoms with Crippen LogP contribution >= 0.6 is 15.9 Å². The Hall–Kier alpha value is -2.34. The third-order valence-corrected chi connectivity index (χ3v) is 3.71. The number of hydrogen-bond donors (Lipinski definition) is 2. The number of H-pyrrole nitrogens is 1. The number of carbonyl (C=O) groups excluding carboxylic acids is 1. The van der Waals surface area contributed by atoms with Crippen molar-refractivity contribution in [2.75, 3.05) is 6.54 Å². The Morgan fingerprint density at radius 2 is 2.14 bits per heavy atom. The Bertz CT molecular complexity index is 763. The first-order valence-corrected chi connectivity index (χ1v) is 7.73. The standard InChI is InChI=1S/C16H15BrN4O/c17-13-8-15(19-10-13)16(22)18-7-6-12-9-20-21(11-12)14-4-2-1-3-5-14/h1-5,8-11,19H,6-7H2,(H,18,22). The Labute approximate surface area is 136 Å². The minimum absolute atomic E-state index is 0.110. The van der Waals surface area contributed by atoms with Crippen molar-refractivity contribution in [3.8, 4) is 5.69 Å². The summed E-state index contributed by atoms with van der Waals surface area (Å²) < 4.78 is 2.70. The van der Waals surface area contributed by atoms with E-state index in [9.17, 15) is 4.79 Å². The van der Waals surface area contributed by atoms with Gasteiger partial charge in [0.2, 0.25) is 0 Å². The van der Waals surface area contributed by atoms with Crippen LogP contribution in [0, 0.1) is 0 Å². The van der Waals surface area contributed by atoms with Crippen LogP contribution in [0.4, 0.5) is 0 Å². The Balaban J connectivity index is 1.54. The summed E-state index contributed by atoms with van der Waals surface area (Å²) in [7, 11) is 0. The number of rotatable bonds is 5. The SMILES string of the molecule is O=C(NCCc1cnn(-c2ccccc2)c1)c1cc(Br)c[nH]1. The van der Waals surface area contributed by atoms with E-state index in [4.69, 9.17) is 0 Å². The molecule has 0 unspecified atom stereocenters. The molecule has 6 heteroatoms. The van der Waals surface area contributed by atoms with Crippen LogP contribution in [-0.4, -0.2) is 27.2 Å². The molecule has 22 heavy (non-hydrogen) atoms. The van der Waals surface area contributed by atoms with Gasteiger partial charge in [0.05, 0.1) is 11.9 Å². The summed E-state index contributed by atoms with van der Waals surface area (Å²) in [5, 5.41) is 7.22. The average molecular weight is 359 g/mol. The van der Waals surface area contributed by atoms with E-state index in [0.717, 1.165) is 22.1 Å². The Morgan fingerprint density at radius 3 is 2.86 bits per heavy atom. The fourth-order valence-electron chi connectivity index (χ4n) is 2.13. The normalized spacial score (nSPS) is 10.6. The van der Waals surface area contributed by atoms with Gasteiger partial charge in [0.1, 0.15) is 5.69 Å². The van der Waals surface area contributed by atoms with Crippen LogP contribution in [0.3, 0.4) is 0 Å². The monoisotopic (exact) mass is 358 g/mol. The molecule has 0 atom stereocenters. The molecule has 2 N–H and O–H groups in total. The predicted octanol–water partition coefficient (Wildman–Crippen LogP) is 2.94. The molecule has 2 aromatic heterocycles. The molecule has 0 aliphatic carbocycles. The topological polar surface area (TPSA) is 62.7 Å². The van der Waals surface area contributed by atoms with Crippen LogP contribution in [0.2, 0.25) is 0 Å². The number of benzene rings is 1. The van der Waals surface area contributed by atoms with Crippen molar-refractivity contribution in [1.82, 2.24) is 20.1 Å². The molecule has 0 aliphatic heterocycles. The van der Waals surface area contributed by atoms with Gasteiger partial charge in [-0.05, 0) is 46.1 Å². The van der Waals surface area contributed by atoms with Crippen molar-refractivity contribution < 1.29 is 4.79 Å². The molecule has 0 radical (unpaired) electrons. The molecule has 112 valence electrons. The summed E-state index contributed by atoms with van der Waals surface area (Å²) in [6.07, 6.45) is 6.27. The van der Waals surface area contributed by atoms with Gasteiger partial charge in [0.25, 0.3) is 5.91 Å². The van der Waals surface area contributed by atoms with Crippen molar-refractivity contribution in [2.45, 2.75) is 6.42 Å². The molecule has 0 fully saturated rings. The first-order valence-electron chi connectivity index (χ1n) is 6.93. The van der Waals surface area contributed by atoms with Gasteiger partial charge in [0.15, 0.2) is 0 Å². The van der Waals surface area contributed by atoms with Gasteiger partial charge >= 0.3 is 0 Å². The largest absolute Gasteiger partial charge is 0.356 e. The van der Waals surface area contributed by atoms with Crippen LogP contribution in [-0.2, 0) is 6.42 Å². The van der Waals surface area contributed by atoms with E-state index in [1.54, 1.807) is 12.3 Å². The molecule has 2 heterocycles. The van der Waals surface area contributed by atoms with Crippen LogP contribution < -0.4 is 5.32 Å². The van der Waals surface area contributed by atoms with Crippen LogP contribution in [0.15, 0.2) is 59.5 Å². The Kier molecular flexibility index (Phi) is 4.39. The van der Waals surface area contributed by atoms with E-state index in [0.29, 0.717) is 12.2 Å². The second-order valence-corrected chi connectivity index (χ2v) is 5.78. The summed E-state index contributed by atoms with van der Waals surface area (Å²) in [5.74, 6) is -0.110. The lowest BCUT2D eigenvalue weighted by molar-refractivity contribution is 0.0950. The zero-order valence-electron chi connectivity index (χ0n) is 11.8. The lowest BCUT2D eigenvalue weighted by Crippen LogP contribution is -2.25. The first-order chi connectivity index (χ1) is 10.7. The molecule has 1 aromatic carbocycles. The van der Waals surface area contributed by atoms with Gasteiger partial charge in [-0.3, -0.25) is 4.79 Å². The van der Waals surface area contributed by atoms with Gasteiger partial charge in [0, 0.05) is 23.4 Å². The quantitative estimate of drug-likeness (QED) is 0.736. The molecule has 0 spiro atoms. The van der Waals surface area contributed by atoms with Crippen LogP contribution in [0.25, 0.3) is 5.69 Å². The lowest BCUT2D eigenvalue weighted by atomic mass is 10.2. The first kappa shape index (κ1) is 14.6. The molecule has 0 saturated heterocycles. The maximum Gasteiger partial charge on any atom is 0.267 e. The van der Waals surface area contributed by atoms with E-state index < -0.39 is 0 Å². The van der Waals surface area contributed by atoms with Gasteiger partial charge in [-0.1, -0.05) is 18.2 Å². The summed E-state index contributed by atoms with van der Waals surface area (Å²) in [6, 6.07) is 11.7. The van der Waals surface area contributed by atoms with E-state index in [-0.39, 0.29) is 5.91 Å². The second-order valence-electron chi connectivity index (χ2n) is 4.87. The number of amides is 1. The number of hydrogen-bond acceptors (Lipinski definition) is 2. The third kappa shape index (κ3) is 3.46. The van der Waals surface area contributed by atoms with Crippen LogP contribution in [0.1, 0.15) is 16.1 Å². The minimum atomic E-state index is -0.110. The summed E-state index contributed by atoms with van der Waals surface area (Å²) in [6.45, 7) is 0.565. The zero-order chi connectivity index (χ0) is 15.4. The molecular weight excluding hydrogens is 344 g/mol. The van der Waals surface area contributed by atoms with E-state index in [1.165, 1.54) is 0 Å². The van der Waals surface area contributed by atoms with E-state index in [2.05, 4.69) is 31.3 Å². The maximum absolute atomic E-state index is 11.9. The number of nitrogens with one attached hydrogen (secondary N) is 2. The molecule has 3 rings (SSSR count). The van der Waals surface area contributed by atoms with Gasteiger partial charge in [-0.2, -0.15) is 5.10 Å². The summed E-state index contributed by atoms with van der Waals surface area (Å²) in [4.78, 5) is 14.8. The van der Waals surface area contributed by atoms with E-state index in [1.807, 2.05) is 47.4 Å². The minimum Gasteiger partial charge on any atom is -0.356 e. The molecule has 0 aliphatic rings. The third-order valence-electron chi connectivity index (χ3n) is 3.25. The molecule has 3 aromatic rings.